The van der Waals surface area contributed by atoms with Crippen molar-refractivity contribution in [3.05, 3.63) is 53.1 Å². The minimum Gasteiger partial charge on any atom is -0.508 e. The molecule has 2 rings (SSSR count). The van der Waals surface area contributed by atoms with Crippen LogP contribution < -0.4 is 0 Å². The maximum atomic E-state index is 10.3. The van der Waals surface area contributed by atoms with E-state index in [9.17, 15) is 15.3 Å². The number of rotatable bonds is 14. The Bertz CT molecular complexity index is 742. The average Bonchev–Trinajstić information content (AvgIpc) is 2.73. The molecule has 0 unspecified atom stereocenters. The Labute approximate surface area is 180 Å². The molecule has 4 nitrogen and oxygen atoms in total. The topological polar surface area (TPSA) is 80.9 Å². The smallest absolute Gasteiger partial charge is 0.123 e. The van der Waals surface area contributed by atoms with Crippen molar-refractivity contribution in [1.82, 2.24) is 0 Å². The molecule has 0 saturated heterocycles. The van der Waals surface area contributed by atoms with Gasteiger partial charge < -0.3 is 20.4 Å². The molecular formula is C26H36O4. The molecule has 2 aromatic carbocycles. The average molecular weight is 413 g/mol. The van der Waals surface area contributed by atoms with E-state index < -0.39 is 0 Å². The van der Waals surface area contributed by atoms with Gasteiger partial charge in [0, 0.05) is 12.2 Å². The molecule has 4 heteroatoms. The maximum Gasteiger partial charge on any atom is 0.123 e. The van der Waals surface area contributed by atoms with E-state index in [1.807, 2.05) is 12.2 Å². The third kappa shape index (κ3) is 8.91. The Kier molecular flexibility index (Phi) is 10.9. The van der Waals surface area contributed by atoms with Crippen LogP contribution in [-0.4, -0.2) is 27.0 Å². The van der Waals surface area contributed by atoms with Gasteiger partial charge in [0.25, 0.3) is 0 Å². The minimum atomic E-state index is 0.142. The molecule has 0 amide bonds. The van der Waals surface area contributed by atoms with Crippen LogP contribution in [0.4, 0.5) is 0 Å². The molecule has 4 N–H and O–H groups in total. The summed E-state index contributed by atoms with van der Waals surface area (Å²) in [6, 6.07) is 10.2. The zero-order chi connectivity index (χ0) is 21.6. The third-order valence-corrected chi connectivity index (χ3v) is 5.42. The van der Waals surface area contributed by atoms with Crippen molar-refractivity contribution in [3.63, 3.8) is 0 Å². The molecule has 164 valence electrons. The predicted molar refractivity (Wildman–Crippen MR) is 124 cm³/mol. The highest BCUT2D eigenvalue weighted by Crippen LogP contribution is 2.31. The van der Waals surface area contributed by atoms with E-state index >= 15 is 0 Å². The molecular weight excluding hydrogens is 376 g/mol. The fourth-order valence-corrected chi connectivity index (χ4v) is 3.62. The van der Waals surface area contributed by atoms with Gasteiger partial charge in [-0.1, -0.05) is 75.7 Å². The fraction of sp³-hybridized carbons (Fsp3) is 0.462. The molecule has 0 heterocycles. The van der Waals surface area contributed by atoms with Crippen LogP contribution in [0.25, 0.3) is 12.2 Å². The Morgan fingerprint density at radius 1 is 0.567 bits per heavy atom. The number of benzene rings is 2. The van der Waals surface area contributed by atoms with Gasteiger partial charge in [-0.2, -0.15) is 0 Å². The molecule has 0 aromatic heterocycles. The predicted octanol–water partition coefficient (Wildman–Crippen LogP) is 6.41. The van der Waals surface area contributed by atoms with Gasteiger partial charge >= 0.3 is 0 Å². The second kappa shape index (κ2) is 13.7. The standard InChI is InChI=1S/C26H36O4/c27-18-10-8-6-4-2-1-3-5-7-9-11-24-25(29)19-22(20-26(24)30)13-12-21-14-16-23(28)17-15-21/h12-17,19-20,27-30H,1-11,18H2/b13-12+. The van der Waals surface area contributed by atoms with E-state index in [1.54, 1.807) is 36.4 Å². The number of aromatic hydroxyl groups is 3. The van der Waals surface area contributed by atoms with Crippen molar-refractivity contribution in [1.29, 1.82) is 0 Å². The summed E-state index contributed by atoms with van der Waals surface area (Å²) < 4.78 is 0. The lowest BCUT2D eigenvalue weighted by Gasteiger charge is -2.09. The highest BCUT2D eigenvalue weighted by Gasteiger charge is 2.09. The van der Waals surface area contributed by atoms with Gasteiger partial charge in [-0.05, 0) is 54.7 Å². The number of hydrogen-bond donors (Lipinski definition) is 4. The van der Waals surface area contributed by atoms with Crippen molar-refractivity contribution >= 4 is 12.2 Å². The fourth-order valence-electron chi connectivity index (χ4n) is 3.62. The summed E-state index contributed by atoms with van der Waals surface area (Å²) in [6.07, 6.45) is 15.9. The van der Waals surface area contributed by atoms with E-state index in [2.05, 4.69) is 0 Å². The van der Waals surface area contributed by atoms with Crippen LogP contribution in [-0.2, 0) is 6.42 Å². The lowest BCUT2D eigenvalue weighted by atomic mass is 10.0. The zero-order valence-corrected chi connectivity index (χ0v) is 17.9. The molecule has 2 aromatic rings. The largest absolute Gasteiger partial charge is 0.508 e. The summed E-state index contributed by atoms with van der Waals surface area (Å²) in [4.78, 5) is 0. The summed E-state index contributed by atoms with van der Waals surface area (Å²) in [6.45, 7) is 0.310. The van der Waals surface area contributed by atoms with Gasteiger partial charge in [-0.15, -0.1) is 0 Å². The van der Waals surface area contributed by atoms with Crippen LogP contribution in [0, 0.1) is 0 Å². The van der Waals surface area contributed by atoms with Crippen LogP contribution in [0.1, 0.15) is 80.9 Å². The molecule has 0 bridgehead atoms. The van der Waals surface area contributed by atoms with Crippen LogP contribution in [0.5, 0.6) is 17.2 Å². The number of aliphatic hydroxyl groups excluding tert-OH is 1. The molecule has 0 aliphatic carbocycles. The van der Waals surface area contributed by atoms with Crippen LogP contribution in [0.2, 0.25) is 0 Å². The third-order valence-electron chi connectivity index (χ3n) is 5.42. The van der Waals surface area contributed by atoms with Crippen molar-refractivity contribution in [2.75, 3.05) is 6.61 Å². The molecule has 0 radical (unpaired) electrons. The number of phenols is 3. The number of aliphatic hydroxyl groups is 1. The van der Waals surface area contributed by atoms with Crippen molar-refractivity contribution in [2.45, 2.75) is 70.6 Å². The first-order chi connectivity index (χ1) is 14.6. The number of unbranched alkanes of at least 4 members (excludes halogenated alkanes) is 9. The summed E-state index contributed by atoms with van der Waals surface area (Å²) in [5.41, 5.74) is 2.29. The van der Waals surface area contributed by atoms with Gasteiger partial charge in [0.2, 0.25) is 0 Å². The van der Waals surface area contributed by atoms with E-state index in [0.717, 1.165) is 36.8 Å². The first-order valence-electron chi connectivity index (χ1n) is 11.2. The normalized spacial score (nSPS) is 11.4. The Hall–Kier alpha value is -2.46. The number of phenolic OH excluding ortho intramolecular Hbond substituents is 3. The first-order valence-corrected chi connectivity index (χ1v) is 11.2. The van der Waals surface area contributed by atoms with Gasteiger partial charge in [-0.25, -0.2) is 0 Å². The summed E-state index contributed by atoms with van der Waals surface area (Å²) in [7, 11) is 0. The monoisotopic (exact) mass is 412 g/mol. The van der Waals surface area contributed by atoms with Gasteiger partial charge in [-0.3, -0.25) is 0 Å². The molecule has 0 spiro atoms. The molecule has 0 atom stereocenters. The van der Waals surface area contributed by atoms with Crippen LogP contribution >= 0.6 is 0 Å². The molecule has 0 aliphatic rings. The SMILES string of the molecule is OCCCCCCCCCCCCc1c(O)cc(/C=C/c2ccc(O)cc2)cc1O. The van der Waals surface area contributed by atoms with Crippen LogP contribution in [0.15, 0.2) is 36.4 Å². The second-order valence-electron chi connectivity index (χ2n) is 7.97. The van der Waals surface area contributed by atoms with Gasteiger partial charge in [0.05, 0.1) is 0 Å². The summed E-state index contributed by atoms with van der Waals surface area (Å²) in [5.74, 6) is 0.507. The van der Waals surface area contributed by atoms with Crippen LogP contribution in [0.3, 0.4) is 0 Å². The Morgan fingerprint density at radius 3 is 1.57 bits per heavy atom. The van der Waals surface area contributed by atoms with E-state index in [0.29, 0.717) is 18.6 Å². The quantitative estimate of drug-likeness (QED) is 0.213. The highest BCUT2D eigenvalue weighted by molar-refractivity contribution is 5.71. The second-order valence-corrected chi connectivity index (χ2v) is 7.97. The highest BCUT2D eigenvalue weighted by atomic mass is 16.3. The van der Waals surface area contributed by atoms with Gasteiger partial charge in [0.15, 0.2) is 0 Å². The summed E-state index contributed by atoms with van der Waals surface area (Å²) >= 11 is 0. The summed E-state index contributed by atoms with van der Waals surface area (Å²) in [5, 5.41) is 38.7. The Morgan fingerprint density at radius 2 is 1.03 bits per heavy atom. The van der Waals surface area contributed by atoms with E-state index in [-0.39, 0.29) is 17.2 Å². The molecule has 0 fully saturated rings. The number of hydrogen-bond acceptors (Lipinski definition) is 4. The van der Waals surface area contributed by atoms with E-state index in [4.69, 9.17) is 5.11 Å². The lowest BCUT2D eigenvalue weighted by molar-refractivity contribution is 0.282. The minimum absolute atomic E-state index is 0.142. The first kappa shape index (κ1) is 23.8. The molecule has 30 heavy (non-hydrogen) atoms. The van der Waals surface area contributed by atoms with Crippen molar-refractivity contribution in [2.24, 2.45) is 0 Å². The molecule has 0 saturated carbocycles. The zero-order valence-electron chi connectivity index (χ0n) is 17.9. The maximum absolute atomic E-state index is 10.3. The molecule has 0 aliphatic heterocycles. The van der Waals surface area contributed by atoms with Gasteiger partial charge in [0.1, 0.15) is 17.2 Å². The van der Waals surface area contributed by atoms with Crippen molar-refractivity contribution in [3.8, 4) is 17.2 Å². The lowest BCUT2D eigenvalue weighted by Crippen LogP contribution is -1.90. The van der Waals surface area contributed by atoms with E-state index in [1.165, 1.54) is 38.5 Å². The van der Waals surface area contributed by atoms with Crippen molar-refractivity contribution < 1.29 is 20.4 Å². The Balaban J connectivity index is 1.69.